The highest BCUT2D eigenvalue weighted by atomic mass is 79.9. The number of carbonyl (C=O) groups excluding carboxylic acids is 1. The molecule has 1 aromatic carbocycles. The Morgan fingerprint density at radius 2 is 2.33 bits per heavy atom. The average molecular weight is 355 g/mol. The highest BCUT2D eigenvalue weighted by Crippen LogP contribution is 2.27. The zero-order valence-corrected chi connectivity index (χ0v) is 13.8. The smallest absolute Gasteiger partial charge is 0.260 e. The lowest BCUT2D eigenvalue weighted by Gasteiger charge is -2.09. The second kappa shape index (κ2) is 7.45. The van der Waals surface area contributed by atoms with E-state index in [0.29, 0.717) is 6.61 Å². The number of nitrogens with zero attached hydrogens (tertiary/aromatic N) is 1. The summed E-state index contributed by atoms with van der Waals surface area (Å²) in [5, 5.41) is 6.88. The van der Waals surface area contributed by atoms with Gasteiger partial charge in [0.2, 0.25) is 0 Å². The van der Waals surface area contributed by atoms with E-state index in [2.05, 4.69) is 26.4 Å². The van der Waals surface area contributed by atoms with Crippen molar-refractivity contribution < 1.29 is 14.4 Å². The van der Waals surface area contributed by atoms with Crippen molar-refractivity contribution in [1.29, 1.82) is 0 Å². The molecular formula is C15H19BrN2O3. The van der Waals surface area contributed by atoms with Crippen LogP contribution in [-0.4, -0.2) is 30.9 Å². The molecule has 21 heavy (non-hydrogen) atoms. The van der Waals surface area contributed by atoms with Crippen LogP contribution in [0.5, 0.6) is 5.75 Å². The first-order valence-electron chi connectivity index (χ1n) is 6.97. The van der Waals surface area contributed by atoms with Crippen molar-refractivity contribution in [2.45, 2.75) is 32.7 Å². The first-order chi connectivity index (χ1) is 10.1. The summed E-state index contributed by atoms with van der Waals surface area (Å²) < 4.78 is 6.63. The van der Waals surface area contributed by atoms with Gasteiger partial charge in [0.25, 0.3) is 5.91 Å². The Morgan fingerprint density at radius 1 is 1.52 bits per heavy atom. The molecule has 0 fully saturated rings. The maximum atomic E-state index is 11.5. The van der Waals surface area contributed by atoms with E-state index in [1.807, 2.05) is 32.0 Å². The van der Waals surface area contributed by atoms with E-state index in [9.17, 15) is 4.79 Å². The summed E-state index contributed by atoms with van der Waals surface area (Å²) in [7, 11) is 0. The van der Waals surface area contributed by atoms with E-state index in [0.717, 1.165) is 34.3 Å². The molecule has 1 aliphatic heterocycles. The number of hydrogen-bond donors (Lipinski definition) is 1. The van der Waals surface area contributed by atoms with Gasteiger partial charge in [0.1, 0.15) is 5.75 Å². The fourth-order valence-corrected chi connectivity index (χ4v) is 2.40. The molecule has 0 spiro atoms. The molecule has 1 aromatic rings. The minimum Gasteiger partial charge on any atom is -0.493 e. The first-order valence-corrected chi connectivity index (χ1v) is 7.76. The third kappa shape index (κ3) is 4.74. The number of benzene rings is 1. The minimum absolute atomic E-state index is 0.0775. The molecule has 1 amide bonds. The largest absolute Gasteiger partial charge is 0.493 e. The molecular weight excluding hydrogens is 336 g/mol. The summed E-state index contributed by atoms with van der Waals surface area (Å²) in [6, 6.07) is 5.89. The number of carbonyl (C=O) groups is 1. The molecule has 2 rings (SSSR count). The summed E-state index contributed by atoms with van der Waals surface area (Å²) in [6.45, 7) is 4.38. The van der Waals surface area contributed by atoms with E-state index >= 15 is 0 Å². The molecule has 1 heterocycles. The van der Waals surface area contributed by atoms with E-state index in [-0.39, 0.29) is 18.6 Å². The van der Waals surface area contributed by atoms with Crippen molar-refractivity contribution in [3.8, 4) is 5.75 Å². The fourth-order valence-electron chi connectivity index (χ4n) is 2.04. The Morgan fingerprint density at radius 3 is 3.10 bits per heavy atom. The van der Waals surface area contributed by atoms with Crippen LogP contribution < -0.4 is 10.1 Å². The normalized spacial score (nSPS) is 16.1. The van der Waals surface area contributed by atoms with Crippen LogP contribution in [0, 0.1) is 0 Å². The van der Waals surface area contributed by atoms with Crippen LogP contribution in [-0.2, 0) is 9.63 Å². The number of halogens is 1. The van der Waals surface area contributed by atoms with Crippen LogP contribution in [0.2, 0.25) is 0 Å². The summed E-state index contributed by atoms with van der Waals surface area (Å²) in [6.07, 6.45) is 1.63. The molecule has 0 atom stereocenters. The zero-order chi connectivity index (χ0) is 15.2. The van der Waals surface area contributed by atoms with Crippen molar-refractivity contribution in [3.63, 3.8) is 0 Å². The van der Waals surface area contributed by atoms with Gasteiger partial charge in [-0.1, -0.05) is 21.1 Å². The molecule has 1 N–H and O–H groups in total. The number of amides is 1. The van der Waals surface area contributed by atoms with Gasteiger partial charge in [-0.2, -0.15) is 0 Å². The van der Waals surface area contributed by atoms with E-state index < -0.39 is 0 Å². The highest BCUT2D eigenvalue weighted by molar-refractivity contribution is 9.10. The van der Waals surface area contributed by atoms with Crippen LogP contribution >= 0.6 is 15.9 Å². The average Bonchev–Trinajstić information content (AvgIpc) is 2.60. The zero-order valence-electron chi connectivity index (χ0n) is 12.2. The van der Waals surface area contributed by atoms with Crippen LogP contribution in [0.4, 0.5) is 0 Å². The second-order valence-electron chi connectivity index (χ2n) is 5.13. The van der Waals surface area contributed by atoms with Gasteiger partial charge in [-0.15, -0.1) is 0 Å². The van der Waals surface area contributed by atoms with E-state index in [1.165, 1.54) is 0 Å². The topological polar surface area (TPSA) is 59.9 Å². The van der Waals surface area contributed by atoms with Crippen LogP contribution in [0.1, 0.15) is 32.3 Å². The number of hydrogen-bond acceptors (Lipinski definition) is 4. The van der Waals surface area contributed by atoms with Crippen LogP contribution in [0.25, 0.3) is 0 Å². The van der Waals surface area contributed by atoms with Gasteiger partial charge in [0.05, 0.1) is 12.3 Å². The Labute approximate surface area is 132 Å². The van der Waals surface area contributed by atoms with Gasteiger partial charge in [0, 0.05) is 16.1 Å². The Kier molecular flexibility index (Phi) is 5.61. The molecule has 0 saturated carbocycles. The maximum absolute atomic E-state index is 11.5. The maximum Gasteiger partial charge on any atom is 0.260 e. The Hall–Kier alpha value is -1.56. The monoisotopic (exact) mass is 354 g/mol. The van der Waals surface area contributed by atoms with E-state index in [1.54, 1.807) is 0 Å². The molecule has 0 bridgehead atoms. The van der Waals surface area contributed by atoms with Crippen molar-refractivity contribution in [2.24, 2.45) is 5.16 Å². The van der Waals surface area contributed by atoms with Gasteiger partial charge in [-0.25, -0.2) is 0 Å². The third-order valence-electron chi connectivity index (χ3n) is 2.89. The molecule has 0 aliphatic carbocycles. The van der Waals surface area contributed by atoms with Crippen molar-refractivity contribution in [3.05, 3.63) is 28.2 Å². The molecule has 6 heteroatoms. The SMILES string of the molecule is CC(C)NC(=O)CO/N=C1\CCCOc2ccc(Br)cc21. The molecule has 0 saturated heterocycles. The first kappa shape index (κ1) is 15.8. The molecule has 0 unspecified atom stereocenters. The predicted octanol–water partition coefficient (Wildman–Crippen LogP) is 2.87. The number of fused-ring (bicyclic) bond motifs is 1. The molecule has 1 aliphatic rings. The highest BCUT2D eigenvalue weighted by Gasteiger charge is 2.16. The second-order valence-corrected chi connectivity index (χ2v) is 6.04. The van der Waals surface area contributed by atoms with Crippen LogP contribution in [0.15, 0.2) is 27.8 Å². The summed E-state index contributed by atoms with van der Waals surface area (Å²) in [5.74, 6) is 0.623. The van der Waals surface area contributed by atoms with Crippen molar-refractivity contribution in [1.82, 2.24) is 5.32 Å². The van der Waals surface area contributed by atoms with Gasteiger partial charge < -0.3 is 14.9 Å². The lowest BCUT2D eigenvalue weighted by atomic mass is 10.1. The standard InChI is InChI=1S/C15H19BrN2O3/c1-10(2)17-15(19)9-21-18-13-4-3-7-20-14-6-5-11(16)8-12(13)14/h5-6,8,10H,3-4,7,9H2,1-2H3,(H,17,19)/b18-13+. The van der Waals surface area contributed by atoms with Crippen LogP contribution in [0.3, 0.4) is 0 Å². The minimum atomic E-state index is -0.173. The number of nitrogens with one attached hydrogen (secondary N) is 1. The lowest BCUT2D eigenvalue weighted by molar-refractivity contribution is -0.126. The molecule has 0 aromatic heterocycles. The van der Waals surface area contributed by atoms with E-state index in [4.69, 9.17) is 9.57 Å². The summed E-state index contributed by atoms with van der Waals surface area (Å²) in [4.78, 5) is 16.7. The van der Waals surface area contributed by atoms with Gasteiger partial charge in [-0.05, 0) is 44.9 Å². The summed E-state index contributed by atoms with van der Waals surface area (Å²) in [5.41, 5.74) is 1.72. The lowest BCUT2D eigenvalue weighted by Crippen LogP contribution is -2.32. The Balaban J connectivity index is 2.07. The van der Waals surface area contributed by atoms with Gasteiger partial charge >= 0.3 is 0 Å². The molecule has 0 radical (unpaired) electrons. The quantitative estimate of drug-likeness (QED) is 0.845. The Bertz CT molecular complexity index is 544. The molecule has 114 valence electrons. The number of oxime groups is 1. The third-order valence-corrected chi connectivity index (χ3v) is 3.38. The number of ether oxygens (including phenoxy) is 1. The summed E-state index contributed by atoms with van der Waals surface area (Å²) >= 11 is 3.45. The fraction of sp³-hybridized carbons (Fsp3) is 0.467. The van der Waals surface area contributed by atoms with Crippen molar-refractivity contribution >= 4 is 27.5 Å². The molecule has 5 nitrogen and oxygen atoms in total. The van der Waals surface area contributed by atoms with Gasteiger partial charge in [0.15, 0.2) is 6.61 Å². The number of rotatable bonds is 4. The predicted molar refractivity (Wildman–Crippen MR) is 84.6 cm³/mol. The van der Waals surface area contributed by atoms with Gasteiger partial charge in [-0.3, -0.25) is 4.79 Å². The van der Waals surface area contributed by atoms with Crippen molar-refractivity contribution in [2.75, 3.05) is 13.2 Å².